The maximum Gasteiger partial charge on any atom is 0.214 e. The fourth-order valence-electron chi connectivity index (χ4n) is 3.56. The van der Waals surface area contributed by atoms with Crippen LogP contribution in [0, 0.1) is 0 Å². The maximum atomic E-state index is 12.7. The van der Waals surface area contributed by atoms with Crippen LogP contribution in [0.1, 0.15) is 18.4 Å². The van der Waals surface area contributed by atoms with Gasteiger partial charge in [-0.2, -0.15) is 0 Å². The second-order valence-electron chi connectivity index (χ2n) is 7.14. The molecule has 0 saturated carbocycles. The lowest BCUT2D eigenvalue weighted by Gasteiger charge is -2.31. The van der Waals surface area contributed by atoms with Crippen LogP contribution in [-0.4, -0.2) is 42.8 Å². The van der Waals surface area contributed by atoms with Gasteiger partial charge in [-0.05, 0) is 37.0 Å². The monoisotopic (exact) mass is 412 g/mol. The first-order chi connectivity index (χ1) is 14.1. The van der Waals surface area contributed by atoms with Crippen LogP contribution in [0.15, 0.2) is 71.4 Å². The Balaban J connectivity index is 1.34. The molecular weight excluding hydrogens is 388 g/mol. The van der Waals surface area contributed by atoms with Crippen molar-refractivity contribution in [3.05, 3.63) is 72.4 Å². The minimum Gasteiger partial charge on any atom is -0.490 e. The summed E-state index contributed by atoms with van der Waals surface area (Å²) in [5.41, 5.74) is 1.89. The van der Waals surface area contributed by atoms with Gasteiger partial charge in [-0.15, -0.1) is 0 Å². The van der Waals surface area contributed by atoms with Crippen LogP contribution >= 0.6 is 0 Å². The fourth-order valence-corrected chi connectivity index (χ4v) is 5.07. The lowest BCUT2D eigenvalue weighted by molar-refractivity contribution is 0.135. The van der Waals surface area contributed by atoms with E-state index in [4.69, 9.17) is 9.26 Å². The van der Waals surface area contributed by atoms with Crippen molar-refractivity contribution in [2.75, 3.05) is 18.8 Å². The Morgan fingerprint density at radius 1 is 1.00 bits per heavy atom. The number of benzene rings is 2. The summed E-state index contributed by atoms with van der Waals surface area (Å²) in [4.78, 5) is 0. The summed E-state index contributed by atoms with van der Waals surface area (Å²) >= 11 is 0. The molecule has 4 rings (SSSR count). The molecule has 2 heterocycles. The van der Waals surface area contributed by atoms with E-state index in [1.807, 2.05) is 54.6 Å². The molecule has 1 saturated heterocycles. The Kier molecular flexibility index (Phi) is 5.97. The van der Waals surface area contributed by atoms with Crippen molar-refractivity contribution in [3.63, 3.8) is 0 Å². The van der Waals surface area contributed by atoms with Gasteiger partial charge in [-0.25, -0.2) is 12.7 Å². The van der Waals surface area contributed by atoms with Crippen LogP contribution in [0.3, 0.4) is 0 Å². The van der Waals surface area contributed by atoms with Crippen LogP contribution in [-0.2, 0) is 16.4 Å². The number of nitrogens with zero attached hydrogens (tertiary/aromatic N) is 2. The SMILES string of the molecule is O=S(=O)(CCc1ccccc1)N1CCC(Oc2ccccc2-c2ccno2)CC1. The van der Waals surface area contributed by atoms with Crippen molar-refractivity contribution in [1.82, 2.24) is 9.46 Å². The standard InChI is InChI=1S/C22H24N2O4S/c25-29(26,17-13-18-6-2-1-3-7-18)24-15-11-19(12-16-24)27-21-9-5-4-8-20(21)22-10-14-23-28-22/h1-10,14,19H,11-13,15-17H2. The molecule has 152 valence electrons. The predicted molar refractivity (Wildman–Crippen MR) is 111 cm³/mol. The number of ether oxygens (including phenoxy) is 1. The molecule has 1 aromatic heterocycles. The molecule has 0 bridgehead atoms. The van der Waals surface area contributed by atoms with Crippen molar-refractivity contribution < 1.29 is 17.7 Å². The topological polar surface area (TPSA) is 72.6 Å². The lowest BCUT2D eigenvalue weighted by Crippen LogP contribution is -2.43. The van der Waals surface area contributed by atoms with Crippen molar-refractivity contribution in [2.24, 2.45) is 0 Å². The van der Waals surface area contributed by atoms with Gasteiger partial charge in [-0.1, -0.05) is 47.6 Å². The van der Waals surface area contributed by atoms with E-state index in [9.17, 15) is 8.42 Å². The molecule has 2 aromatic carbocycles. The Bertz CT molecular complexity index is 1010. The highest BCUT2D eigenvalue weighted by Gasteiger charge is 2.29. The highest BCUT2D eigenvalue weighted by Crippen LogP contribution is 2.31. The molecule has 1 fully saturated rings. The van der Waals surface area contributed by atoms with Crippen LogP contribution in [0.5, 0.6) is 5.75 Å². The third kappa shape index (κ3) is 4.86. The minimum absolute atomic E-state index is 0.0281. The Hall–Kier alpha value is -2.64. The lowest BCUT2D eigenvalue weighted by atomic mass is 10.1. The molecule has 7 heteroatoms. The molecule has 0 atom stereocenters. The van der Waals surface area contributed by atoms with Gasteiger partial charge in [0.25, 0.3) is 0 Å². The second-order valence-corrected chi connectivity index (χ2v) is 9.23. The highest BCUT2D eigenvalue weighted by atomic mass is 32.2. The van der Waals surface area contributed by atoms with Crippen LogP contribution in [0.2, 0.25) is 0 Å². The number of sulfonamides is 1. The molecular formula is C22H24N2O4S. The van der Waals surface area contributed by atoms with E-state index < -0.39 is 10.0 Å². The normalized spacial score (nSPS) is 16.0. The minimum atomic E-state index is -3.27. The molecule has 6 nitrogen and oxygen atoms in total. The predicted octanol–water partition coefficient (Wildman–Crippen LogP) is 3.76. The first kappa shape index (κ1) is 19.7. The molecule has 0 radical (unpaired) electrons. The van der Waals surface area contributed by atoms with E-state index in [0.29, 0.717) is 38.1 Å². The van der Waals surface area contributed by atoms with E-state index in [1.165, 1.54) is 0 Å². The van der Waals surface area contributed by atoms with Gasteiger partial charge in [0.05, 0.1) is 17.5 Å². The van der Waals surface area contributed by atoms with Crippen LogP contribution < -0.4 is 4.74 Å². The number of para-hydroxylation sites is 1. The van der Waals surface area contributed by atoms with Gasteiger partial charge in [0.15, 0.2) is 5.76 Å². The molecule has 29 heavy (non-hydrogen) atoms. The highest BCUT2D eigenvalue weighted by molar-refractivity contribution is 7.89. The van der Waals surface area contributed by atoms with Crippen molar-refractivity contribution >= 4 is 10.0 Å². The summed E-state index contributed by atoms with van der Waals surface area (Å²) < 4.78 is 38.4. The molecule has 0 aliphatic carbocycles. The molecule has 0 amide bonds. The number of aromatic nitrogens is 1. The maximum absolute atomic E-state index is 12.7. The average Bonchev–Trinajstić information content (AvgIpc) is 3.29. The fraction of sp³-hybridized carbons (Fsp3) is 0.318. The quantitative estimate of drug-likeness (QED) is 0.591. The zero-order valence-corrected chi connectivity index (χ0v) is 16.9. The van der Waals surface area contributed by atoms with E-state index in [-0.39, 0.29) is 11.9 Å². The van der Waals surface area contributed by atoms with Gasteiger partial charge in [0.1, 0.15) is 11.9 Å². The van der Waals surface area contributed by atoms with Gasteiger partial charge in [0, 0.05) is 19.2 Å². The molecule has 0 unspecified atom stereocenters. The van der Waals surface area contributed by atoms with Crippen LogP contribution in [0.25, 0.3) is 11.3 Å². The first-order valence-corrected chi connectivity index (χ1v) is 11.4. The van der Waals surface area contributed by atoms with E-state index in [0.717, 1.165) is 16.9 Å². The second kappa shape index (κ2) is 8.80. The summed E-state index contributed by atoms with van der Waals surface area (Å²) in [7, 11) is -3.27. The van der Waals surface area contributed by atoms with Gasteiger partial charge in [-0.3, -0.25) is 0 Å². The van der Waals surface area contributed by atoms with Crippen LogP contribution in [0.4, 0.5) is 0 Å². The zero-order valence-electron chi connectivity index (χ0n) is 16.1. The number of aryl methyl sites for hydroxylation is 1. The molecule has 0 N–H and O–H groups in total. The van der Waals surface area contributed by atoms with Gasteiger partial charge in [0.2, 0.25) is 10.0 Å². The molecule has 1 aliphatic heterocycles. The summed E-state index contributed by atoms with van der Waals surface area (Å²) in [6.07, 6.45) is 3.43. The smallest absolute Gasteiger partial charge is 0.214 e. The summed E-state index contributed by atoms with van der Waals surface area (Å²) in [6.45, 7) is 0.957. The molecule has 1 aliphatic rings. The van der Waals surface area contributed by atoms with Gasteiger partial charge < -0.3 is 9.26 Å². The summed E-state index contributed by atoms with van der Waals surface area (Å²) in [6, 6.07) is 19.2. The Morgan fingerprint density at radius 3 is 2.45 bits per heavy atom. The van der Waals surface area contributed by atoms with E-state index in [2.05, 4.69) is 5.16 Å². The Morgan fingerprint density at radius 2 is 1.72 bits per heavy atom. The van der Waals surface area contributed by atoms with E-state index >= 15 is 0 Å². The zero-order chi connectivity index (χ0) is 20.1. The van der Waals surface area contributed by atoms with Crippen molar-refractivity contribution in [2.45, 2.75) is 25.4 Å². The van der Waals surface area contributed by atoms with E-state index in [1.54, 1.807) is 16.6 Å². The average molecular weight is 413 g/mol. The number of hydrogen-bond acceptors (Lipinski definition) is 5. The summed E-state index contributed by atoms with van der Waals surface area (Å²) in [5, 5.41) is 3.76. The number of hydrogen-bond donors (Lipinski definition) is 0. The first-order valence-electron chi connectivity index (χ1n) is 9.80. The molecule has 3 aromatic rings. The van der Waals surface area contributed by atoms with Crippen molar-refractivity contribution in [1.29, 1.82) is 0 Å². The van der Waals surface area contributed by atoms with Gasteiger partial charge >= 0.3 is 0 Å². The third-order valence-electron chi connectivity index (χ3n) is 5.17. The number of rotatable bonds is 7. The third-order valence-corrected chi connectivity index (χ3v) is 7.04. The summed E-state index contributed by atoms with van der Waals surface area (Å²) in [5.74, 6) is 1.52. The molecule has 0 spiro atoms. The Labute approximate surface area is 171 Å². The largest absolute Gasteiger partial charge is 0.490 e. The number of piperidine rings is 1. The van der Waals surface area contributed by atoms with Crippen molar-refractivity contribution in [3.8, 4) is 17.1 Å².